The fourth-order valence-electron chi connectivity index (χ4n) is 3.01. The number of amides is 1. The van der Waals surface area contributed by atoms with Crippen LogP contribution in [0.2, 0.25) is 0 Å². The number of hydrogen-bond acceptors (Lipinski definition) is 5. The van der Waals surface area contributed by atoms with E-state index in [9.17, 15) is 18.0 Å². The molecule has 1 amide bonds. The molecule has 3 N–H and O–H groups in total. The van der Waals surface area contributed by atoms with Crippen molar-refractivity contribution in [3.05, 3.63) is 48.3 Å². The Bertz CT molecular complexity index is 889. The topological polar surface area (TPSA) is 94.5 Å². The van der Waals surface area contributed by atoms with Crippen molar-refractivity contribution in [1.29, 1.82) is 0 Å². The van der Waals surface area contributed by atoms with Crippen molar-refractivity contribution in [1.82, 2.24) is 20.6 Å². The standard InChI is InChI=1S/C19H22F3N7O/c1-23-17(25-9-10-26-18-24-8-7-15(28-18)19(20,21)22)27-13-11-16(30)29(12-13)14-5-3-2-4-6-14/h2-8,13H,9-12H2,1H3,(H2,23,25,27)(H,24,26,28). The van der Waals surface area contributed by atoms with Gasteiger partial charge in [-0.25, -0.2) is 9.97 Å². The Morgan fingerprint density at radius 3 is 2.70 bits per heavy atom. The minimum absolute atomic E-state index is 0.0255. The lowest BCUT2D eigenvalue weighted by Gasteiger charge is -2.19. The van der Waals surface area contributed by atoms with E-state index in [4.69, 9.17) is 0 Å². The summed E-state index contributed by atoms with van der Waals surface area (Å²) < 4.78 is 38.0. The van der Waals surface area contributed by atoms with Crippen LogP contribution in [-0.4, -0.2) is 54.6 Å². The number of para-hydroxylation sites is 1. The third-order valence-electron chi connectivity index (χ3n) is 4.40. The monoisotopic (exact) mass is 421 g/mol. The number of nitrogens with zero attached hydrogens (tertiary/aromatic N) is 4. The molecule has 30 heavy (non-hydrogen) atoms. The van der Waals surface area contributed by atoms with E-state index in [1.165, 1.54) is 0 Å². The van der Waals surface area contributed by atoms with Gasteiger partial charge < -0.3 is 20.9 Å². The Morgan fingerprint density at radius 2 is 2.00 bits per heavy atom. The molecule has 11 heteroatoms. The first-order valence-electron chi connectivity index (χ1n) is 9.33. The molecule has 160 valence electrons. The van der Waals surface area contributed by atoms with Gasteiger partial charge in [-0.15, -0.1) is 0 Å². The maximum absolute atomic E-state index is 12.7. The van der Waals surface area contributed by atoms with Gasteiger partial charge in [-0.2, -0.15) is 13.2 Å². The van der Waals surface area contributed by atoms with E-state index in [0.717, 1.165) is 18.0 Å². The third kappa shape index (κ3) is 5.58. The van der Waals surface area contributed by atoms with Gasteiger partial charge in [-0.1, -0.05) is 18.2 Å². The SMILES string of the molecule is CN=C(NCCNc1nccc(C(F)(F)F)n1)NC1CC(=O)N(c2ccccc2)C1. The van der Waals surface area contributed by atoms with E-state index in [-0.39, 0.29) is 24.4 Å². The molecule has 1 aliphatic heterocycles. The predicted molar refractivity (Wildman–Crippen MR) is 107 cm³/mol. The summed E-state index contributed by atoms with van der Waals surface area (Å²) in [7, 11) is 1.60. The van der Waals surface area contributed by atoms with Crippen LogP contribution >= 0.6 is 0 Å². The molecule has 0 bridgehead atoms. The highest BCUT2D eigenvalue weighted by molar-refractivity contribution is 5.97. The molecule has 8 nitrogen and oxygen atoms in total. The quantitative estimate of drug-likeness (QED) is 0.375. The lowest BCUT2D eigenvalue weighted by atomic mass is 10.2. The highest BCUT2D eigenvalue weighted by atomic mass is 19.4. The molecular weight excluding hydrogens is 399 g/mol. The molecule has 1 fully saturated rings. The number of halogens is 3. The van der Waals surface area contributed by atoms with E-state index < -0.39 is 11.9 Å². The van der Waals surface area contributed by atoms with Crippen LogP contribution in [0, 0.1) is 0 Å². The van der Waals surface area contributed by atoms with Gasteiger partial charge in [-0.3, -0.25) is 9.79 Å². The van der Waals surface area contributed by atoms with Crippen LogP contribution in [0.4, 0.5) is 24.8 Å². The van der Waals surface area contributed by atoms with Gasteiger partial charge in [0.05, 0.1) is 6.04 Å². The number of rotatable bonds is 6. The minimum Gasteiger partial charge on any atom is -0.355 e. The molecule has 1 unspecified atom stereocenters. The number of guanidine groups is 1. The van der Waals surface area contributed by atoms with Crippen molar-refractivity contribution in [2.75, 3.05) is 36.9 Å². The maximum Gasteiger partial charge on any atom is 0.433 e. The summed E-state index contributed by atoms with van der Waals surface area (Å²) in [5.74, 6) is 0.418. The Morgan fingerprint density at radius 1 is 1.23 bits per heavy atom. The van der Waals surface area contributed by atoms with Crippen LogP contribution in [0.15, 0.2) is 47.6 Å². The molecule has 1 aliphatic rings. The summed E-state index contributed by atoms with van der Waals surface area (Å²) in [5.41, 5.74) is -0.153. The second-order valence-electron chi connectivity index (χ2n) is 6.57. The number of anilines is 2. The van der Waals surface area contributed by atoms with Crippen molar-refractivity contribution in [3.63, 3.8) is 0 Å². The largest absolute Gasteiger partial charge is 0.433 e. The van der Waals surface area contributed by atoms with E-state index in [2.05, 4.69) is 30.9 Å². The smallest absolute Gasteiger partial charge is 0.355 e. The average molecular weight is 421 g/mol. The normalized spacial score (nSPS) is 17.2. The molecule has 1 aromatic carbocycles. The second-order valence-corrected chi connectivity index (χ2v) is 6.57. The number of carbonyl (C=O) groups is 1. The van der Waals surface area contributed by atoms with Crippen LogP contribution in [0.5, 0.6) is 0 Å². The Kier molecular flexibility index (Phi) is 6.70. The third-order valence-corrected chi connectivity index (χ3v) is 4.40. The highest BCUT2D eigenvalue weighted by Crippen LogP contribution is 2.27. The molecule has 0 radical (unpaired) electrons. The molecule has 1 aromatic heterocycles. The molecule has 0 aliphatic carbocycles. The van der Waals surface area contributed by atoms with Crippen molar-refractivity contribution < 1.29 is 18.0 Å². The van der Waals surface area contributed by atoms with Gasteiger partial charge in [0.1, 0.15) is 5.69 Å². The lowest BCUT2D eigenvalue weighted by molar-refractivity contribution is -0.141. The van der Waals surface area contributed by atoms with E-state index in [1.807, 2.05) is 30.3 Å². The lowest BCUT2D eigenvalue weighted by Crippen LogP contribution is -2.45. The van der Waals surface area contributed by atoms with Crippen molar-refractivity contribution in [2.45, 2.75) is 18.6 Å². The van der Waals surface area contributed by atoms with E-state index in [1.54, 1.807) is 11.9 Å². The van der Waals surface area contributed by atoms with Gasteiger partial charge in [0.2, 0.25) is 11.9 Å². The van der Waals surface area contributed by atoms with Crippen molar-refractivity contribution in [2.24, 2.45) is 4.99 Å². The zero-order valence-corrected chi connectivity index (χ0v) is 16.3. The second kappa shape index (κ2) is 9.42. The van der Waals surface area contributed by atoms with Gasteiger partial charge in [0.25, 0.3) is 0 Å². The van der Waals surface area contributed by atoms with E-state index in [0.29, 0.717) is 25.5 Å². The first-order chi connectivity index (χ1) is 14.4. The van der Waals surface area contributed by atoms with Gasteiger partial charge in [0.15, 0.2) is 5.96 Å². The predicted octanol–water partition coefficient (Wildman–Crippen LogP) is 1.88. The van der Waals surface area contributed by atoms with Crippen molar-refractivity contribution >= 4 is 23.5 Å². The van der Waals surface area contributed by atoms with Crippen LogP contribution < -0.4 is 20.9 Å². The van der Waals surface area contributed by atoms with Crippen molar-refractivity contribution in [3.8, 4) is 0 Å². The average Bonchev–Trinajstić information content (AvgIpc) is 3.10. The first-order valence-corrected chi connectivity index (χ1v) is 9.33. The molecule has 2 aromatic rings. The zero-order valence-electron chi connectivity index (χ0n) is 16.3. The van der Waals surface area contributed by atoms with Gasteiger partial charge >= 0.3 is 6.18 Å². The molecular formula is C19H22F3N7O. The van der Waals surface area contributed by atoms with Crippen LogP contribution in [-0.2, 0) is 11.0 Å². The van der Waals surface area contributed by atoms with Crippen LogP contribution in [0.25, 0.3) is 0 Å². The summed E-state index contributed by atoms with van der Waals surface area (Å²) in [6.45, 7) is 1.16. The number of benzene rings is 1. The fraction of sp³-hybridized carbons (Fsp3) is 0.368. The summed E-state index contributed by atoms with van der Waals surface area (Å²) in [5, 5.41) is 8.98. The number of aliphatic imine (C=N–C) groups is 1. The Hall–Kier alpha value is -3.37. The molecule has 1 atom stereocenters. The number of aromatic nitrogens is 2. The maximum atomic E-state index is 12.7. The molecule has 1 saturated heterocycles. The number of carbonyl (C=O) groups excluding carboxylic acids is 1. The Balaban J connectivity index is 1.45. The van der Waals surface area contributed by atoms with Gasteiger partial charge in [-0.05, 0) is 18.2 Å². The number of alkyl halides is 3. The fourth-order valence-corrected chi connectivity index (χ4v) is 3.01. The summed E-state index contributed by atoms with van der Waals surface area (Å²) >= 11 is 0. The first kappa shape index (κ1) is 21.3. The Labute approximate surface area is 171 Å². The molecule has 3 rings (SSSR count). The summed E-state index contributed by atoms with van der Waals surface area (Å²) in [4.78, 5) is 25.4. The zero-order chi connectivity index (χ0) is 21.6. The van der Waals surface area contributed by atoms with Crippen LogP contribution in [0.3, 0.4) is 0 Å². The highest BCUT2D eigenvalue weighted by Gasteiger charge is 2.33. The molecule has 0 saturated carbocycles. The number of nitrogens with one attached hydrogen (secondary N) is 3. The van der Waals surface area contributed by atoms with Gasteiger partial charge in [0, 0.05) is 45.0 Å². The summed E-state index contributed by atoms with van der Waals surface area (Å²) in [6, 6.07) is 10.1. The number of hydrogen-bond donors (Lipinski definition) is 3. The minimum atomic E-state index is -4.52. The molecule has 0 spiro atoms. The molecule has 2 heterocycles. The van der Waals surface area contributed by atoms with E-state index >= 15 is 0 Å². The van der Waals surface area contributed by atoms with Crippen LogP contribution in [0.1, 0.15) is 12.1 Å². The summed E-state index contributed by atoms with van der Waals surface area (Å²) in [6.07, 6.45) is -3.12.